The number of ether oxygens (including phenoxy) is 1. The average molecular weight is 269 g/mol. The summed E-state index contributed by atoms with van der Waals surface area (Å²) >= 11 is 1.99. The van der Waals surface area contributed by atoms with E-state index in [0.29, 0.717) is 6.04 Å². The summed E-state index contributed by atoms with van der Waals surface area (Å²) in [6.45, 7) is 6.94. The summed E-state index contributed by atoms with van der Waals surface area (Å²) in [4.78, 5) is 0. The Labute approximate surface area is 114 Å². The molecule has 4 heteroatoms. The van der Waals surface area contributed by atoms with Gasteiger partial charge in [-0.15, -0.1) is 0 Å². The van der Waals surface area contributed by atoms with Crippen LogP contribution in [0.25, 0.3) is 0 Å². The predicted octanol–water partition coefficient (Wildman–Crippen LogP) is 3.19. The Morgan fingerprint density at radius 1 is 1.28 bits per heavy atom. The maximum absolute atomic E-state index is 5.81. The van der Waals surface area contributed by atoms with Gasteiger partial charge in [0.15, 0.2) is 0 Å². The maximum atomic E-state index is 5.81. The Bertz CT molecular complexity index is 345. The van der Waals surface area contributed by atoms with Gasteiger partial charge in [0.05, 0.1) is 12.3 Å². The molecular formula is C14H23NO2S. The first-order valence-corrected chi connectivity index (χ1v) is 7.79. The zero-order chi connectivity index (χ0) is 12.8. The standard InChI is InChI=1S/C14H23NO2S/c1-11(2)15-9-12-3-4-13(17-12)10-18-14-5-7-16-8-6-14/h3-4,11,14-15H,5-10H2,1-2H3. The van der Waals surface area contributed by atoms with Gasteiger partial charge in [-0.3, -0.25) is 0 Å². The number of furan rings is 1. The molecule has 0 saturated carbocycles. The van der Waals surface area contributed by atoms with Crippen molar-refractivity contribution in [1.29, 1.82) is 0 Å². The van der Waals surface area contributed by atoms with Crippen LogP contribution in [-0.2, 0) is 17.0 Å². The van der Waals surface area contributed by atoms with Crippen molar-refractivity contribution in [3.63, 3.8) is 0 Å². The zero-order valence-corrected chi connectivity index (χ0v) is 12.1. The number of thioether (sulfide) groups is 1. The van der Waals surface area contributed by atoms with Crippen LogP contribution in [0.2, 0.25) is 0 Å². The Hall–Kier alpha value is -0.450. The van der Waals surface area contributed by atoms with Gasteiger partial charge in [-0.1, -0.05) is 13.8 Å². The molecule has 1 aliphatic rings. The molecule has 2 heterocycles. The highest BCUT2D eigenvalue weighted by Gasteiger charge is 2.14. The fraction of sp³-hybridized carbons (Fsp3) is 0.714. The molecule has 0 aromatic carbocycles. The molecule has 1 aliphatic heterocycles. The normalized spacial score (nSPS) is 17.5. The lowest BCUT2D eigenvalue weighted by molar-refractivity contribution is 0.1000. The molecular weight excluding hydrogens is 246 g/mol. The minimum absolute atomic E-state index is 0.496. The smallest absolute Gasteiger partial charge is 0.118 e. The van der Waals surface area contributed by atoms with E-state index in [4.69, 9.17) is 9.15 Å². The van der Waals surface area contributed by atoms with Crippen LogP contribution in [0.15, 0.2) is 16.5 Å². The number of rotatable bonds is 6. The largest absolute Gasteiger partial charge is 0.464 e. The van der Waals surface area contributed by atoms with E-state index in [1.807, 2.05) is 11.8 Å². The molecule has 0 unspecified atom stereocenters. The van der Waals surface area contributed by atoms with Crippen LogP contribution in [0.4, 0.5) is 0 Å². The van der Waals surface area contributed by atoms with Gasteiger partial charge in [0.2, 0.25) is 0 Å². The van der Waals surface area contributed by atoms with Crippen LogP contribution in [0.5, 0.6) is 0 Å². The Morgan fingerprint density at radius 3 is 2.72 bits per heavy atom. The molecule has 18 heavy (non-hydrogen) atoms. The first kappa shape index (κ1) is 14.0. The molecule has 1 N–H and O–H groups in total. The first-order chi connectivity index (χ1) is 8.74. The average Bonchev–Trinajstić information content (AvgIpc) is 2.83. The lowest BCUT2D eigenvalue weighted by Gasteiger charge is -2.20. The van der Waals surface area contributed by atoms with Crippen molar-refractivity contribution < 1.29 is 9.15 Å². The Kier molecular flexibility index (Phi) is 5.60. The van der Waals surface area contributed by atoms with Gasteiger partial charge in [-0.2, -0.15) is 11.8 Å². The van der Waals surface area contributed by atoms with Crippen molar-refractivity contribution in [3.05, 3.63) is 23.7 Å². The molecule has 1 fully saturated rings. The molecule has 2 rings (SSSR count). The van der Waals surface area contributed by atoms with Crippen LogP contribution >= 0.6 is 11.8 Å². The third-order valence-corrected chi connectivity index (χ3v) is 4.43. The number of hydrogen-bond acceptors (Lipinski definition) is 4. The molecule has 1 aromatic heterocycles. The second kappa shape index (κ2) is 7.22. The number of nitrogens with one attached hydrogen (secondary N) is 1. The lowest BCUT2D eigenvalue weighted by atomic mass is 10.2. The van der Waals surface area contributed by atoms with Crippen LogP contribution < -0.4 is 5.32 Å². The fourth-order valence-electron chi connectivity index (χ4n) is 1.94. The Balaban J connectivity index is 1.72. The van der Waals surface area contributed by atoms with E-state index in [2.05, 4.69) is 31.3 Å². The summed E-state index contributed by atoms with van der Waals surface area (Å²) in [6.07, 6.45) is 2.35. The van der Waals surface area contributed by atoms with Crippen molar-refractivity contribution >= 4 is 11.8 Å². The highest BCUT2D eigenvalue weighted by molar-refractivity contribution is 7.99. The van der Waals surface area contributed by atoms with Crippen molar-refractivity contribution in [2.45, 2.75) is 50.3 Å². The van der Waals surface area contributed by atoms with Gasteiger partial charge < -0.3 is 14.5 Å². The molecule has 102 valence electrons. The van der Waals surface area contributed by atoms with Gasteiger partial charge >= 0.3 is 0 Å². The number of hydrogen-bond donors (Lipinski definition) is 1. The highest BCUT2D eigenvalue weighted by Crippen LogP contribution is 2.26. The SMILES string of the molecule is CC(C)NCc1ccc(CSC2CCOCC2)o1. The van der Waals surface area contributed by atoms with E-state index in [-0.39, 0.29) is 0 Å². The van der Waals surface area contributed by atoms with E-state index in [1.54, 1.807) is 0 Å². The molecule has 0 bridgehead atoms. The van der Waals surface area contributed by atoms with Crippen LogP contribution in [0, 0.1) is 0 Å². The molecule has 0 aliphatic carbocycles. The van der Waals surface area contributed by atoms with Crippen molar-refractivity contribution in [1.82, 2.24) is 5.32 Å². The summed E-state index contributed by atoms with van der Waals surface area (Å²) in [6, 6.07) is 4.68. The van der Waals surface area contributed by atoms with E-state index in [1.165, 1.54) is 12.8 Å². The van der Waals surface area contributed by atoms with Crippen molar-refractivity contribution in [2.75, 3.05) is 13.2 Å². The summed E-state index contributed by atoms with van der Waals surface area (Å²) in [5.74, 6) is 3.10. The topological polar surface area (TPSA) is 34.4 Å². The minimum Gasteiger partial charge on any atom is -0.464 e. The van der Waals surface area contributed by atoms with Crippen LogP contribution in [-0.4, -0.2) is 24.5 Å². The van der Waals surface area contributed by atoms with E-state index in [0.717, 1.165) is 42.3 Å². The molecule has 0 spiro atoms. The van der Waals surface area contributed by atoms with Crippen molar-refractivity contribution in [3.8, 4) is 0 Å². The third-order valence-electron chi connectivity index (χ3n) is 3.03. The first-order valence-electron chi connectivity index (χ1n) is 6.74. The summed E-state index contributed by atoms with van der Waals surface area (Å²) < 4.78 is 11.2. The summed E-state index contributed by atoms with van der Waals surface area (Å²) in [5.41, 5.74) is 0. The molecule has 1 aromatic rings. The predicted molar refractivity (Wildman–Crippen MR) is 75.8 cm³/mol. The van der Waals surface area contributed by atoms with Gasteiger partial charge in [0, 0.05) is 24.5 Å². The zero-order valence-electron chi connectivity index (χ0n) is 11.3. The molecule has 0 atom stereocenters. The highest BCUT2D eigenvalue weighted by atomic mass is 32.2. The second-order valence-corrected chi connectivity index (χ2v) is 6.32. The monoisotopic (exact) mass is 269 g/mol. The van der Waals surface area contributed by atoms with Gasteiger partial charge in [0.1, 0.15) is 11.5 Å². The van der Waals surface area contributed by atoms with Gasteiger partial charge in [-0.05, 0) is 25.0 Å². The lowest BCUT2D eigenvalue weighted by Crippen LogP contribution is -2.21. The third kappa shape index (κ3) is 4.67. The second-order valence-electron chi connectivity index (χ2n) is 5.03. The quantitative estimate of drug-likeness (QED) is 0.860. The summed E-state index contributed by atoms with van der Waals surface area (Å²) in [7, 11) is 0. The molecule has 3 nitrogen and oxygen atoms in total. The fourth-order valence-corrected chi connectivity index (χ4v) is 3.02. The molecule has 1 saturated heterocycles. The maximum Gasteiger partial charge on any atom is 0.118 e. The van der Waals surface area contributed by atoms with Crippen LogP contribution in [0.1, 0.15) is 38.2 Å². The van der Waals surface area contributed by atoms with Crippen molar-refractivity contribution in [2.24, 2.45) is 0 Å². The van der Waals surface area contributed by atoms with E-state index in [9.17, 15) is 0 Å². The minimum atomic E-state index is 0.496. The van der Waals surface area contributed by atoms with Gasteiger partial charge in [0.25, 0.3) is 0 Å². The van der Waals surface area contributed by atoms with E-state index < -0.39 is 0 Å². The molecule has 0 radical (unpaired) electrons. The van der Waals surface area contributed by atoms with Crippen LogP contribution in [0.3, 0.4) is 0 Å². The Morgan fingerprint density at radius 2 is 2.00 bits per heavy atom. The molecule has 0 amide bonds. The van der Waals surface area contributed by atoms with Gasteiger partial charge in [-0.25, -0.2) is 0 Å². The summed E-state index contributed by atoms with van der Waals surface area (Å²) in [5, 5.41) is 4.10. The van der Waals surface area contributed by atoms with E-state index >= 15 is 0 Å².